The molecule has 26 heavy (non-hydrogen) atoms. The number of benzene rings is 2. The molecule has 1 aromatic heterocycles. The molecular formula is C21H18N2O3. The highest BCUT2D eigenvalue weighted by molar-refractivity contribution is 5.93. The Hall–Kier alpha value is -3.34. The third kappa shape index (κ3) is 3.24. The molecule has 0 saturated heterocycles. The first kappa shape index (κ1) is 16.1. The second-order valence-electron chi connectivity index (χ2n) is 6.26. The van der Waals surface area contributed by atoms with Gasteiger partial charge in [-0.15, -0.1) is 0 Å². The molecule has 5 nitrogen and oxygen atoms in total. The maximum absolute atomic E-state index is 13.0. The number of rotatable bonds is 2. The van der Waals surface area contributed by atoms with E-state index in [1.54, 1.807) is 17.0 Å². The molecule has 0 bridgehead atoms. The van der Waals surface area contributed by atoms with Crippen molar-refractivity contribution in [3.05, 3.63) is 101 Å². The van der Waals surface area contributed by atoms with E-state index < -0.39 is 0 Å². The molecule has 130 valence electrons. The molecule has 2 aromatic carbocycles. The Bertz CT molecular complexity index is 927. The lowest BCUT2D eigenvalue weighted by molar-refractivity contribution is -0.605. The molecular weight excluding hydrogens is 328 g/mol. The zero-order valence-corrected chi connectivity index (χ0v) is 14.1. The maximum atomic E-state index is 13.0. The van der Waals surface area contributed by atoms with Gasteiger partial charge in [-0.3, -0.25) is 4.79 Å². The molecule has 0 unspecified atom stereocenters. The van der Waals surface area contributed by atoms with Crippen LogP contribution in [0.3, 0.4) is 0 Å². The van der Waals surface area contributed by atoms with Gasteiger partial charge in [-0.05, 0) is 17.7 Å². The van der Waals surface area contributed by atoms with Gasteiger partial charge < -0.3 is 14.8 Å². The number of aromatic nitrogens is 1. The van der Waals surface area contributed by atoms with Crippen molar-refractivity contribution in [2.75, 3.05) is 6.54 Å². The van der Waals surface area contributed by atoms with E-state index in [0.717, 1.165) is 16.9 Å². The third-order valence-corrected chi connectivity index (χ3v) is 4.47. The predicted molar refractivity (Wildman–Crippen MR) is 96.4 cm³/mol. The summed E-state index contributed by atoms with van der Waals surface area (Å²) >= 11 is 0. The lowest BCUT2D eigenvalue weighted by Gasteiger charge is -2.24. The number of nitrogens with zero attached hydrogens (tertiary/aromatic N) is 2. The molecule has 0 aliphatic carbocycles. The molecule has 1 aliphatic rings. The zero-order valence-electron chi connectivity index (χ0n) is 14.1. The quantitative estimate of drug-likeness (QED) is 0.529. The smallest absolute Gasteiger partial charge is 0.260 e. The number of para-hydroxylation sites is 1. The van der Waals surface area contributed by atoms with E-state index in [9.17, 15) is 10.0 Å². The van der Waals surface area contributed by atoms with Crippen LogP contribution in [-0.4, -0.2) is 17.4 Å². The SMILES string of the molecule is O=C(c1ccc[n+]([O-])c1)N1Cc2ccccc2O[C@H](c2ccccc2)C1. The fourth-order valence-corrected chi connectivity index (χ4v) is 3.17. The van der Waals surface area contributed by atoms with Gasteiger partial charge in [-0.1, -0.05) is 48.5 Å². The molecule has 1 atom stereocenters. The van der Waals surface area contributed by atoms with Crippen molar-refractivity contribution >= 4 is 5.91 Å². The molecule has 1 aliphatic heterocycles. The van der Waals surface area contributed by atoms with Crippen molar-refractivity contribution in [1.29, 1.82) is 0 Å². The van der Waals surface area contributed by atoms with Gasteiger partial charge in [0.2, 0.25) is 0 Å². The standard InChI is InChI=1S/C21H18N2O3/c24-21(18-10-6-12-23(25)14-18)22-13-17-9-4-5-11-19(17)26-20(15-22)16-7-2-1-3-8-16/h1-12,14,20H,13,15H2/t20-/m0/s1. The summed E-state index contributed by atoms with van der Waals surface area (Å²) < 4.78 is 6.87. The molecule has 4 rings (SSSR count). The Morgan fingerprint density at radius 2 is 1.81 bits per heavy atom. The van der Waals surface area contributed by atoms with Crippen molar-refractivity contribution in [2.24, 2.45) is 0 Å². The minimum absolute atomic E-state index is 0.184. The lowest BCUT2D eigenvalue weighted by Crippen LogP contribution is -2.36. The molecule has 0 spiro atoms. The van der Waals surface area contributed by atoms with Crippen molar-refractivity contribution < 1.29 is 14.3 Å². The summed E-state index contributed by atoms with van der Waals surface area (Å²) in [6.07, 6.45) is 2.40. The van der Waals surface area contributed by atoms with Gasteiger partial charge in [0.25, 0.3) is 5.91 Å². The van der Waals surface area contributed by atoms with Crippen molar-refractivity contribution in [2.45, 2.75) is 12.6 Å². The van der Waals surface area contributed by atoms with Gasteiger partial charge in [0.1, 0.15) is 17.4 Å². The van der Waals surface area contributed by atoms with Gasteiger partial charge in [-0.2, -0.15) is 4.73 Å². The van der Waals surface area contributed by atoms with Crippen LogP contribution < -0.4 is 9.47 Å². The predicted octanol–water partition coefficient (Wildman–Crippen LogP) is 3.10. The third-order valence-electron chi connectivity index (χ3n) is 4.47. The number of fused-ring (bicyclic) bond motifs is 1. The number of amides is 1. The van der Waals surface area contributed by atoms with Crippen molar-refractivity contribution in [3.63, 3.8) is 0 Å². The highest BCUT2D eigenvalue weighted by Crippen LogP contribution is 2.31. The molecule has 5 heteroatoms. The fourth-order valence-electron chi connectivity index (χ4n) is 3.17. The summed E-state index contributed by atoms with van der Waals surface area (Å²) in [7, 11) is 0. The van der Waals surface area contributed by atoms with Crippen LogP contribution in [0.5, 0.6) is 5.75 Å². The van der Waals surface area contributed by atoms with Crippen LogP contribution in [0.25, 0.3) is 0 Å². The Morgan fingerprint density at radius 3 is 2.62 bits per heavy atom. The molecule has 0 saturated carbocycles. The molecule has 0 fully saturated rings. The van der Waals surface area contributed by atoms with Crippen LogP contribution in [0.1, 0.15) is 27.6 Å². The van der Waals surface area contributed by atoms with Gasteiger partial charge in [0.15, 0.2) is 12.4 Å². The van der Waals surface area contributed by atoms with Crippen LogP contribution in [0.15, 0.2) is 79.1 Å². The minimum Gasteiger partial charge on any atom is -0.619 e. The average Bonchev–Trinajstić information content (AvgIpc) is 2.88. The molecule has 3 aromatic rings. The van der Waals surface area contributed by atoms with Gasteiger partial charge in [-0.25, -0.2) is 0 Å². The van der Waals surface area contributed by atoms with Gasteiger partial charge in [0, 0.05) is 18.2 Å². The average molecular weight is 346 g/mol. The Morgan fingerprint density at radius 1 is 1.04 bits per heavy atom. The Kier molecular flexibility index (Phi) is 4.27. The molecule has 1 amide bonds. The number of ether oxygens (including phenoxy) is 1. The Labute approximate surface area is 151 Å². The van der Waals surface area contributed by atoms with Gasteiger partial charge in [0.05, 0.1) is 6.54 Å². The van der Waals surface area contributed by atoms with Crippen LogP contribution >= 0.6 is 0 Å². The lowest BCUT2D eigenvalue weighted by atomic mass is 10.1. The minimum atomic E-state index is -0.271. The van der Waals surface area contributed by atoms with E-state index in [4.69, 9.17) is 4.74 Å². The zero-order chi connectivity index (χ0) is 17.9. The summed E-state index contributed by atoms with van der Waals surface area (Å²) in [5.74, 6) is 0.597. The maximum Gasteiger partial charge on any atom is 0.260 e. The van der Waals surface area contributed by atoms with Crippen molar-refractivity contribution in [1.82, 2.24) is 4.90 Å². The normalized spacial score (nSPS) is 16.3. The van der Waals surface area contributed by atoms with E-state index in [-0.39, 0.29) is 12.0 Å². The van der Waals surface area contributed by atoms with Crippen LogP contribution in [0, 0.1) is 5.21 Å². The molecule has 2 heterocycles. The highest BCUT2D eigenvalue weighted by Gasteiger charge is 2.28. The number of hydrogen-bond acceptors (Lipinski definition) is 3. The van der Waals surface area contributed by atoms with Crippen LogP contribution in [0.4, 0.5) is 0 Å². The van der Waals surface area contributed by atoms with E-state index in [0.29, 0.717) is 23.4 Å². The van der Waals surface area contributed by atoms with E-state index in [2.05, 4.69) is 0 Å². The van der Waals surface area contributed by atoms with Crippen LogP contribution in [-0.2, 0) is 6.54 Å². The van der Waals surface area contributed by atoms with Gasteiger partial charge >= 0.3 is 0 Å². The van der Waals surface area contributed by atoms with E-state index >= 15 is 0 Å². The fraction of sp³-hybridized carbons (Fsp3) is 0.143. The number of pyridine rings is 1. The summed E-state index contributed by atoms with van der Waals surface area (Å²) in [6, 6.07) is 20.8. The second kappa shape index (κ2) is 6.88. The number of carbonyl (C=O) groups excluding carboxylic acids is 1. The topological polar surface area (TPSA) is 56.5 Å². The van der Waals surface area contributed by atoms with Crippen LogP contribution in [0.2, 0.25) is 0 Å². The first-order valence-corrected chi connectivity index (χ1v) is 8.48. The number of carbonyl (C=O) groups is 1. The van der Waals surface area contributed by atoms with Crippen molar-refractivity contribution in [3.8, 4) is 5.75 Å². The summed E-state index contributed by atoms with van der Waals surface area (Å²) in [6.45, 7) is 0.845. The first-order valence-electron chi connectivity index (χ1n) is 8.48. The second-order valence-corrected chi connectivity index (χ2v) is 6.26. The summed E-state index contributed by atoms with van der Waals surface area (Å²) in [5, 5.41) is 11.6. The first-order chi connectivity index (χ1) is 12.7. The summed E-state index contributed by atoms with van der Waals surface area (Å²) in [4.78, 5) is 14.7. The molecule has 0 N–H and O–H groups in total. The largest absolute Gasteiger partial charge is 0.619 e. The number of hydrogen-bond donors (Lipinski definition) is 0. The monoisotopic (exact) mass is 346 g/mol. The Balaban J connectivity index is 1.71. The summed E-state index contributed by atoms with van der Waals surface area (Å²) in [5.41, 5.74) is 2.33. The molecule has 0 radical (unpaired) electrons. The van der Waals surface area contributed by atoms with E-state index in [1.165, 1.54) is 12.4 Å². The highest BCUT2D eigenvalue weighted by atomic mass is 16.5. The van der Waals surface area contributed by atoms with E-state index in [1.807, 2.05) is 54.6 Å².